The van der Waals surface area contributed by atoms with Crippen LogP contribution in [0.3, 0.4) is 0 Å². The first kappa shape index (κ1) is 11.9. The SMILES string of the molecule is CCCCn1c(C)c2ccc(=O)ccc2c1C. The van der Waals surface area contributed by atoms with Crippen molar-refractivity contribution < 1.29 is 0 Å². The van der Waals surface area contributed by atoms with Crippen LogP contribution in [0.5, 0.6) is 0 Å². The van der Waals surface area contributed by atoms with E-state index in [1.54, 1.807) is 12.1 Å². The first-order valence-corrected chi connectivity index (χ1v) is 6.25. The van der Waals surface area contributed by atoms with Gasteiger partial charge in [0.2, 0.25) is 0 Å². The van der Waals surface area contributed by atoms with Crippen LogP contribution in [0.1, 0.15) is 31.2 Å². The summed E-state index contributed by atoms with van der Waals surface area (Å²) >= 11 is 0. The molecule has 0 radical (unpaired) electrons. The average Bonchev–Trinajstić information content (AvgIpc) is 2.46. The highest BCUT2D eigenvalue weighted by atomic mass is 16.1. The summed E-state index contributed by atoms with van der Waals surface area (Å²) in [5.74, 6) is 0. The molecule has 90 valence electrons. The summed E-state index contributed by atoms with van der Waals surface area (Å²) < 4.78 is 2.36. The van der Waals surface area contributed by atoms with Gasteiger partial charge in [-0.25, -0.2) is 0 Å². The number of aromatic nitrogens is 1. The Morgan fingerprint density at radius 2 is 1.53 bits per heavy atom. The number of fused-ring (bicyclic) bond motifs is 1. The maximum absolute atomic E-state index is 11.3. The Morgan fingerprint density at radius 1 is 1.00 bits per heavy atom. The second-order valence-electron chi connectivity index (χ2n) is 4.57. The van der Waals surface area contributed by atoms with Gasteiger partial charge in [-0.05, 0) is 44.5 Å². The van der Waals surface area contributed by atoms with E-state index in [1.165, 1.54) is 35.0 Å². The molecule has 1 aromatic heterocycles. The maximum Gasteiger partial charge on any atom is 0.178 e. The minimum atomic E-state index is 0.0695. The van der Waals surface area contributed by atoms with Gasteiger partial charge in [0.05, 0.1) is 0 Å². The predicted octanol–water partition coefficient (Wildman–Crippen LogP) is 3.42. The average molecular weight is 229 g/mol. The van der Waals surface area contributed by atoms with Crippen LogP contribution in [0.25, 0.3) is 10.8 Å². The number of aryl methyl sites for hydroxylation is 2. The third kappa shape index (κ3) is 2.12. The van der Waals surface area contributed by atoms with Crippen molar-refractivity contribution in [2.24, 2.45) is 0 Å². The van der Waals surface area contributed by atoms with Gasteiger partial charge in [-0.2, -0.15) is 0 Å². The van der Waals surface area contributed by atoms with E-state index < -0.39 is 0 Å². The lowest BCUT2D eigenvalue weighted by atomic mass is 10.2. The fraction of sp³-hybridized carbons (Fsp3) is 0.400. The molecule has 2 aromatic rings. The van der Waals surface area contributed by atoms with Gasteiger partial charge in [0.1, 0.15) is 0 Å². The van der Waals surface area contributed by atoms with E-state index >= 15 is 0 Å². The van der Waals surface area contributed by atoms with Crippen molar-refractivity contribution in [3.8, 4) is 0 Å². The van der Waals surface area contributed by atoms with Gasteiger partial charge in [-0.1, -0.05) is 13.3 Å². The van der Waals surface area contributed by atoms with Gasteiger partial charge in [0.25, 0.3) is 0 Å². The molecule has 0 saturated carbocycles. The molecule has 2 rings (SSSR count). The van der Waals surface area contributed by atoms with E-state index in [2.05, 4.69) is 25.3 Å². The lowest BCUT2D eigenvalue weighted by molar-refractivity contribution is 0.612. The van der Waals surface area contributed by atoms with E-state index in [1.807, 2.05) is 12.1 Å². The predicted molar refractivity (Wildman–Crippen MR) is 72.6 cm³/mol. The Kier molecular flexibility index (Phi) is 3.32. The second kappa shape index (κ2) is 4.74. The molecule has 0 atom stereocenters. The Balaban J connectivity index is 2.66. The minimum absolute atomic E-state index is 0.0695. The lowest BCUT2D eigenvalue weighted by Crippen LogP contribution is -2.01. The Morgan fingerprint density at radius 3 is 2.00 bits per heavy atom. The minimum Gasteiger partial charge on any atom is -0.348 e. The van der Waals surface area contributed by atoms with Crippen molar-refractivity contribution >= 4 is 10.8 Å². The molecule has 0 saturated heterocycles. The number of hydrogen-bond donors (Lipinski definition) is 0. The highest BCUT2D eigenvalue weighted by molar-refractivity contribution is 5.87. The smallest absolute Gasteiger partial charge is 0.178 e. The van der Waals surface area contributed by atoms with Crippen LogP contribution in [0, 0.1) is 13.8 Å². The molecule has 0 aliphatic heterocycles. The molecule has 0 unspecified atom stereocenters. The zero-order valence-corrected chi connectivity index (χ0v) is 10.8. The summed E-state index contributed by atoms with van der Waals surface area (Å²) in [6.45, 7) is 7.54. The highest BCUT2D eigenvalue weighted by Gasteiger charge is 2.08. The highest BCUT2D eigenvalue weighted by Crippen LogP contribution is 2.24. The summed E-state index contributed by atoms with van der Waals surface area (Å²) in [5.41, 5.74) is 2.60. The van der Waals surface area contributed by atoms with Crippen molar-refractivity contribution in [3.05, 3.63) is 45.9 Å². The van der Waals surface area contributed by atoms with Gasteiger partial charge in [-0.15, -0.1) is 0 Å². The van der Waals surface area contributed by atoms with E-state index in [0.29, 0.717) is 0 Å². The molecule has 1 heterocycles. The third-order valence-electron chi connectivity index (χ3n) is 3.44. The summed E-state index contributed by atoms with van der Waals surface area (Å²) in [7, 11) is 0. The van der Waals surface area contributed by atoms with Crippen LogP contribution in [0.2, 0.25) is 0 Å². The molecule has 0 spiro atoms. The topological polar surface area (TPSA) is 22.0 Å². The van der Waals surface area contributed by atoms with Gasteiger partial charge in [0, 0.05) is 28.7 Å². The fourth-order valence-electron chi connectivity index (χ4n) is 2.39. The Bertz CT molecular complexity index is 550. The zero-order valence-electron chi connectivity index (χ0n) is 10.8. The van der Waals surface area contributed by atoms with Gasteiger partial charge >= 0.3 is 0 Å². The summed E-state index contributed by atoms with van der Waals surface area (Å²) in [4.78, 5) is 11.3. The quantitative estimate of drug-likeness (QED) is 0.790. The number of rotatable bonds is 3. The van der Waals surface area contributed by atoms with E-state index in [4.69, 9.17) is 0 Å². The van der Waals surface area contributed by atoms with Crippen LogP contribution in [-0.2, 0) is 6.54 Å². The molecule has 0 N–H and O–H groups in total. The maximum atomic E-state index is 11.3. The standard InChI is InChI=1S/C15H19NO/c1-4-5-10-16-11(2)14-8-6-13(17)7-9-15(14)12(16)3/h6-9H,4-5,10H2,1-3H3. The number of unbranched alkanes of at least 4 members (excludes halogenated alkanes) is 1. The molecular weight excluding hydrogens is 210 g/mol. The molecule has 2 nitrogen and oxygen atoms in total. The molecule has 0 aliphatic carbocycles. The molecule has 2 heteroatoms. The van der Waals surface area contributed by atoms with Gasteiger partial charge < -0.3 is 4.57 Å². The molecule has 0 amide bonds. The number of hydrogen-bond acceptors (Lipinski definition) is 1. The van der Waals surface area contributed by atoms with Crippen molar-refractivity contribution in [2.45, 2.75) is 40.2 Å². The van der Waals surface area contributed by atoms with Crippen LogP contribution in [0.4, 0.5) is 0 Å². The molecule has 1 aromatic carbocycles. The van der Waals surface area contributed by atoms with Crippen LogP contribution >= 0.6 is 0 Å². The molecule has 0 bridgehead atoms. The van der Waals surface area contributed by atoms with Crippen molar-refractivity contribution in [1.82, 2.24) is 4.57 Å². The molecular formula is C15H19NO. The Hall–Kier alpha value is -1.57. The second-order valence-corrected chi connectivity index (χ2v) is 4.57. The first-order valence-electron chi connectivity index (χ1n) is 6.25. The van der Waals surface area contributed by atoms with Crippen LogP contribution in [0.15, 0.2) is 29.1 Å². The van der Waals surface area contributed by atoms with Crippen molar-refractivity contribution in [2.75, 3.05) is 0 Å². The van der Waals surface area contributed by atoms with Crippen molar-refractivity contribution in [1.29, 1.82) is 0 Å². The molecule has 17 heavy (non-hydrogen) atoms. The largest absolute Gasteiger partial charge is 0.348 e. The van der Waals surface area contributed by atoms with Crippen LogP contribution in [-0.4, -0.2) is 4.57 Å². The van der Waals surface area contributed by atoms with Crippen molar-refractivity contribution in [3.63, 3.8) is 0 Å². The normalized spacial score (nSPS) is 11.0. The fourth-order valence-corrected chi connectivity index (χ4v) is 2.39. The molecule has 0 fully saturated rings. The Labute approximate surface area is 102 Å². The number of nitrogens with zero attached hydrogens (tertiary/aromatic N) is 1. The summed E-state index contributed by atoms with van der Waals surface area (Å²) in [6, 6.07) is 7.20. The van der Waals surface area contributed by atoms with E-state index in [0.717, 1.165) is 6.54 Å². The van der Waals surface area contributed by atoms with Gasteiger partial charge in [-0.3, -0.25) is 4.79 Å². The first-order chi connectivity index (χ1) is 8.15. The lowest BCUT2D eigenvalue weighted by Gasteiger charge is -2.07. The molecule has 0 aliphatic rings. The van der Waals surface area contributed by atoms with Gasteiger partial charge in [0.15, 0.2) is 5.43 Å². The summed E-state index contributed by atoms with van der Waals surface area (Å²) in [6.07, 6.45) is 2.40. The van der Waals surface area contributed by atoms with Crippen LogP contribution < -0.4 is 5.43 Å². The monoisotopic (exact) mass is 229 g/mol. The summed E-state index contributed by atoms with van der Waals surface area (Å²) in [5, 5.41) is 2.39. The zero-order chi connectivity index (χ0) is 12.4. The van der Waals surface area contributed by atoms with E-state index in [-0.39, 0.29) is 5.43 Å². The van der Waals surface area contributed by atoms with E-state index in [9.17, 15) is 4.79 Å². The third-order valence-corrected chi connectivity index (χ3v) is 3.44.